The van der Waals surface area contributed by atoms with E-state index in [-0.39, 0.29) is 29.5 Å². The average Bonchev–Trinajstić information content (AvgIpc) is 3.58. The maximum absolute atomic E-state index is 13.2. The molecular weight excluding hydrogens is 710 g/mol. The summed E-state index contributed by atoms with van der Waals surface area (Å²) in [6, 6.07) is 22.4. The zero-order valence-electron chi connectivity index (χ0n) is 27.3. The molecule has 254 valence electrons. The molecule has 3 aromatic carbocycles. The Labute approximate surface area is 297 Å². The Morgan fingerprint density at radius 3 is 1.94 bits per heavy atom. The average molecular weight is 747 g/mol. The number of benzene rings is 3. The van der Waals surface area contributed by atoms with E-state index in [0.29, 0.717) is 71.2 Å². The summed E-state index contributed by atoms with van der Waals surface area (Å²) in [4.78, 5) is 54.2. The minimum Gasteiger partial charge on any atom is -0.497 e. The summed E-state index contributed by atoms with van der Waals surface area (Å²) < 4.78 is 22.8. The van der Waals surface area contributed by atoms with Gasteiger partial charge in [-0.05, 0) is 140 Å². The van der Waals surface area contributed by atoms with Crippen molar-refractivity contribution in [3.05, 3.63) is 105 Å². The normalized spacial score (nSPS) is 15.8. The third kappa shape index (κ3) is 9.04. The molecule has 49 heavy (non-hydrogen) atoms. The van der Waals surface area contributed by atoms with Gasteiger partial charge in [0.1, 0.15) is 23.0 Å². The number of esters is 2. The molecule has 0 bridgehead atoms. The van der Waals surface area contributed by atoms with Gasteiger partial charge in [-0.3, -0.25) is 19.2 Å². The fraction of sp³-hybridized carbons (Fsp3) is 0.263. The van der Waals surface area contributed by atoms with E-state index in [9.17, 15) is 19.2 Å². The van der Waals surface area contributed by atoms with Gasteiger partial charge in [-0.15, -0.1) is 11.3 Å². The molecule has 0 N–H and O–H groups in total. The van der Waals surface area contributed by atoms with Gasteiger partial charge in [0.25, 0.3) is 5.91 Å². The zero-order chi connectivity index (χ0) is 34.9. The van der Waals surface area contributed by atoms with Crippen molar-refractivity contribution in [3.8, 4) is 23.0 Å². The molecule has 0 atom stereocenters. The molecule has 1 aromatic heterocycles. The van der Waals surface area contributed by atoms with Gasteiger partial charge in [0.2, 0.25) is 0 Å². The Hall–Kier alpha value is -4.74. The van der Waals surface area contributed by atoms with E-state index in [2.05, 4.69) is 15.9 Å². The first kappa shape index (κ1) is 35.6. The van der Waals surface area contributed by atoms with Crippen molar-refractivity contribution >= 4 is 62.7 Å². The fourth-order valence-electron chi connectivity index (χ4n) is 5.55. The van der Waals surface area contributed by atoms with Crippen molar-refractivity contribution in [2.45, 2.75) is 32.6 Å². The number of ether oxygens (including phenoxy) is 4. The molecule has 0 spiro atoms. The Balaban J connectivity index is 1.14. The van der Waals surface area contributed by atoms with Crippen LogP contribution in [0.15, 0.2) is 88.7 Å². The van der Waals surface area contributed by atoms with Crippen LogP contribution in [0, 0.1) is 11.8 Å². The van der Waals surface area contributed by atoms with Crippen LogP contribution in [0.2, 0.25) is 0 Å². The van der Waals surface area contributed by atoms with E-state index >= 15 is 0 Å². The number of carbonyl (C=O) groups is 4. The first-order valence-electron chi connectivity index (χ1n) is 15.8. The van der Waals surface area contributed by atoms with E-state index in [1.54, 1.807) is 78.7 Å². The molecule has 9 nitrogen and oxygen atoms in total. The van der Waals surface area contributed by atoms with Crippen LogP contribution in [0.1, 0.15) is 58.2 Å². The highest BCUT2D eigenvalue weighted by atomic mass is 79.9. The van der Waals surface area contributed by atoms with Gasteiger partial charge in [-0.1, -0.05) is 0 Å². The first-order valence-corrected chi connectivity index (χ1v) is 17.4. The summed E-state index contributed by atoms with van der Waals surface area (Å²) >= 11 is 4.70. The van der Waals surface area contributed by atoms with Gasteiger partial charge in [0.05, 0.1) is 34.7 Å². The van der Waals surface area contributed by atoms with Crippen LogP contribution in [0.25, 0.3) is 6.08 Å². The highest BCUT2D eigenvalue weighted by molar-refractivity contribution is 9.11. The molecule has 0 radical (unpaired) electrons. The number of allylic oxidation sites excluding steroid dienone is 1. The van der Waals surface area contributed by atoms with Gasteiger partial charge >= 0.3 is 11.9 Å². The SMILES string of the molecule is CCN(C(=O)c1ccc(OC(=O)C2CCC(C(=O)Oc3ccc(OC)cc3/C=C/C(=O)c3ccc(Br)s3)CC2)cc1)c1ccc(OC)cc1. The van der Waals surface area contributed by atoms with E-state index in [0.717, 1.165) is 9.47 Å². The molecule has 4 aromatic rings. The van der Waals surface area contributed by atoms with Gasteiger partial charge < -0.3 is 23.8 Å². The zero-order valence-corrected chi connectivity index (χ0v) is 29.8. The highest BCUT2D eigenvalue weighted by Crippen LogP contribution is 2.33. The maximum atomic E-state index is 13.2. The molecule has 1 heterocycles. The molecule has 5 rings (SSSR count). The number of ketones is 1. The van der Waals surface area contributed by atoms with Crippen molar-refractivity contribution < 1.29 is 38.1 Å². The van der Waals surface area contributed by atoms with Crippen molar-refractivity contribution in [2.24, 2.45) is 11.8 Å². The van der Waals surface area contributed by atoms with Crippen molar-refractivity contribution in [1.29, 1.82) is 0 Å². The summed E-state index contributed by atoms with van der Waals surface area (Å²) in [6.07, 6.45) is 4.94. The number of hydrogen-bond acceptors (Lipinski definition) is 9. The third-order valence-electron chi connectivity index (χ3n) is 8.32. The van der Waals surface area contributed by atoms with E-state index in [4.69, 9.17) is 18.9 Å². The van der Waals surface area contributed by atoms with Crippen LogP contribution >= 0.6 is 27.3 Å². The summed E-state index contributed by atoms with van der Waals surface area (Å²) in [5.74, 6) is 0.0776. The van der Waals surface area contributed by atoms with Crippen molar-refractivity contribution in [3.63, 3.8) is 0 Å². The Kier molecular flexibility index (Phi) is 12.0. The molecule has 0 unspecified atom stereocenters. The molecule has 1 fully saturated rings. The number of nitrogens with zero attached hydrogens (tertiary/aromatic N) is 1. The summed E-state index contributed by atoms with van der Waals surface area (Å²) in [7, 11) is 3.12. The number of halogens is 1. The largest absolute Gasteiger partial charge is 0.497 e. The monoisotopic (exact) mass is 745 g/mol. The Morgan fingerprint density at radius 2 is 1.37 bits per heavy atom. The number of thiophene rings is 1. The van der Waals surface area contributed by atoms with Gasteiger partial charge in [-0.25, -0.2) is 0 Å². The lowest BCUT2D eigenvalue weighted by atomic mass is 9.82. The summed E-state index contributed by atoms with van der Waals surface area (Å²) in [6.45, 7) is 2.38. The minimum atomic E-state index is -0.392. The van der Waals surface area contributed by atoms with E-state index < -0.39 is 5.97 Å². The quantitative estimate of drug-likeness (QED) is 0.0616. The summed E-state index contributed by atoms with van der Waals surface area (Å²) in [5.41, 5.74) is 1.75. The van der Waals surface area contributed by atoms with Crippen molar-refractivity contribution in [1.82, 2.24) is 0 Å². The predicted octanol–water partition coefficient (Wildman–Crippen LogP) is 8.41. The lowest BCUT2D eigenvalue weighted by molar-refractivity contribution is -0.145. The topological polar surface area (TPSA) is 108 Å². The maximum Gasteiger partial charge on any atom is 0.314 e. The van der Waals surface area contributed by atoms with Crippen LogP contribution < -0.4 is 23.8 Å². The fourth-order valence-corrected chi connectivity index (χ4v) is 6.86. The third-order valence-corrected chi connectivity index (χ3v) is 9.96. The van der Waals surface area contributed by atoms with Gasteiger partial charge in [0, 0.05) is 23.4 Å². The molecule has 1 amide bonds. The van der Waals surface area contributed by atoms with Crippen LogP contribution in [0.4, 0.5) is 5.69 Å². The lowest BCUT2D eigenvalue weighted by Crippen LogP contribution is -2.31. The molecule has 11 heteroatoms. The van der Waals surface area contributed by atoms with Crippen LogP contribution in [-0.2, 0) is 9.59 Å². The number of anilines is 1. The first-order chi connectivity index (χ1) is 23.7. The number of methoxy groups -OCH3 is 2. The smallest absolute Gasteiger partial charge is 0.314 e. The molecule has 1 aliphatic rings. The molecule has 0 aliphatic heterocycles. The molecule has 0 saturated heterocycles. The summed E-state index contributed by atoms with van der Waals surface area (Å²) in [5, 5.41) is 0. The Bertz CT molecular complexity index is 1830. The number of hydrogen-bond donors (Lipinski definition) is 0. The second-order valence-corrected chi connectivity index (χ2v) is 13.8. The minimum absolute atomic E-state index is 0.168. The highest BCUT2D eigenvalue weighted by Gasteiger charge is 2.32. The predicted molar refractivity (Wildman–Crippen MR) is 192 cm³/mol. The van der Waals surface area contributed by atoms with Crippen LogP contribution in [0.5, 0.6) is 23.0 Å². The number of rotatable bonds is 12. The standard InChI is InChI=1S/C38H36BrNO8S/c1-4-40(28-12-16-29(45-2)17-13-28)36(42)24-9-14-30(15-10-24)47-37(43)25-5-7-26(8-6-25)38(44)48-33-20-18-31(46-3)23-27(33)11-19-32(41)34-21-22-35(39)49-34/h9-23,25-26H,4-8H2,1-3H3/b19-11+. The second-order valence-electron chi connectivity index (χ2n) is 11.4. The molecule has 1 saturated carbocycles. The number of amides is 1. The van der Waals surface area contributed by atoms with Crippen molar-refractivity contribution in [2.75, 3.05) is 25.7 Å². The molecular formula is C38H36BrNO8S. The van der Waals surface area contributed by atoms with Crippen LogP contribution in [0.3, 0.4) is 0 Å². The lowest BCUT2D eigenvalue weighted by Gasteiger charge is -2.26. The second kappa shape index (κ2) is 16.6. The van der Waals surface area contributed by atoms with E-state index in [1.807, 2.05) is 25.1 Å². The van der Waals surface area contributed by atoms with Gasteiger partial charge in [-0.2, -0.15) is 0 Å². The number of carbonyl (C=O) groups excluding carboxylic acids is 4. The van der Waals surface area contributed by atoms with Crippen LogP contribution in [-0.4, -0.2) is 44.4 Å². The molecule has 1 aliphatic carbocycles. The van der Waals surface area contributed by atoms with E-state index in [1.165, 1.54) is 24.5 Å². The van der Waals surface area contributed by atoms with Gasteiger partial charge in [0.15, 0.2) is 5.78 Å². The Morgan fingerprint density at radius 1 is 0.776 bits per heavy atom.